The predicted molar refractivity (Wildman–Crippen MR) is 105 cm³/mol. The second-order valence-electron chi connectivity index (χ2n) is 5.72. The molecule has 2 aromatic carbocycles. The molecule has 0 amide bonds. The first-order valence-corrected chi connectivity index (χ1v) is 10.3. The molecule has 1 N–H and O–H groups in total. The molecule has 0 aromatic heterocycles. The maximum Gasteiger partial charge on any atom is 0.307 e. The smallest absolute Gasteiger partial charge is 0.307 e. The van der Waals surface area contributed by atoms with Gasteiger partial charge in [-0.25, -0.2) is 13.1 Å². The summed E-state index contributed by atoms with van der Waals surface area (Å²) in [5.41, 5.74) is 0.473. The van der Waals surface area contributed by atoms with E-state index in [2.05, 4.69) is 4.72 Å². The average molecular weight is 428 g/mol. The highest BCUT2D eigenvalue weighted by Crippen LogP contribution is 2.31. The molecule has 9 heteroatoms. The Morgan fingerprint density at radius 3 is 2.39 bits per heavy atom. The molecule has 0 spiro atoms. The van der Waals surface area contributed by atoms with Gasteiger partial charge >= 0.3 is 5.97 Å². The van der Waals surface area contributed by atoms with Crippen molar-refractivity contribution >= 4 is 27.6 Å². The maximum atomic E-state index is 12.9. The highest BCUT2D eigenvalue weighted by molar-refractivity contribution is 7.89. The minimum atomic E-state index is -3.99. The predicted octanol–water partition coefficient (Wildman–Crippen LogP) is 3.33. The van der Waals surface area contributed by atoms with Gasteiger partial charge in [0, 0.05) is 11.1 Å². The fourth-order valence-electron chi connectivity index (χ4n) is 2.60. The van der Waals surface area contributed by atoms with E-state index in [4.69, 9.17) is 25.8 Å². The van der Waals surface area contributed by atoms with Crippen molar-refractivity contribution in [2.75, 3.05) is 20.8 Å². The first-order valence-electron chi connectivity index (χ1n) is 8.46. The molecular weight excluding hydrogens is 406 g/mol. The number of ether oxygens (including phenoxy) is 3. The largest absolute Gasteiger partial charge is 0.493 e. The lowest BCUT2D eigenvalue weighted by Crippen LogP contribution is -2.31. The molecule has 152 valence electrons. The van der Waals surface area contributed by atoms with Crippen molar-refractivity contribution in [1.82, 2.24) is 4.72 Å². The Kier molecular flexibility index (Phi) is 7.68. The van der Waals surface area contributed by atoms with Crippen molar-refractivity contribution in [2.24, 2.45) is 0 Å². The van der Waals surface area contributed by atoms with E-state index in [1.807, 2.05) is 0 Å². The van der Waals surface area contributed by atoms with Crippen LogP contribution in [-0.2, 0) is 19.6 Å². The van der Waals surface area contributed by atoms with Crippen molar-refractivity contribution in [3.63, 3.8) is 0 Å². The number of benzene rings is 2. The number of sulfonamides is 1. The molecule has 28 heavy (non-hydrogen) atoms. The minimum absolute atomic E-state index is 0.0361. The SMILES string of the molecule is CCOC(=O)C[C@H](NS(=O)(=O)c1ccc(OC)c(OC)c1)c1ccccc1Cl. The van der Waals surface area contributed by atoms with E-state index >= 15 is 0 Å². The van der Waals surface area contributed by atoms with Crippen LogP contribution in [0.15, 0.2) is 47.4 Å². The topological polar surface area (TPSA) is 90.9 Å². The number of carbonyl (C=O) groups excluding carboxylic acids is 1. The summed E-state index contributed by atoms with van der Waals surface area (Å²) in [5, 5.41) is 0.340. The average Bonchev–Trinajstić information content (AvgIpc) is 2.67. The highest BCUT2D eigenvalue weighted by atomic mass is 35.5. The van der Waals surface area contributed by atoms with Crippen LogP contribution < -0.4 is 14.2 Å². The summed E-state index contributed by atoms with van der Waals surface area (Å²) in [7, 11) is -1.13. The summed E-state index contributed by atoms with van der Waals surface area (Å²) in [5.74, 6) is 0.128. The molecule has 0 saturated heterocycles. The standard InChI is InChI=1S/C19H22ClNO6S/c1-4-27-19(22)12-16(14-7-5-6-8-15(14)20)21-28(23,24)13-9-10-17(25-2)18(11-13)26-3/h5-11,16,21H,4,12H2,1-3H3/t16-/m0/s1. The van der Waals surface area contributed by atoms with Crippen LogP contribution in [0.1, 0.15) is 24.9 Å². The molecule has 7 nitrogen and oxygen atoms in total. The number of hydrogen-bond acceptors (Lipinski definition) is 6. The first kappa shape index (κ1) is 22.0. The molecule has 0 radical (unpaired) electrons. The highest BCUT2D eigenvalue weighted by Gasteiger charge is 2.26. The van der Waals surface area contributed by atoms with Crippen LogP contribution in [0.4, 0.5) is 0 Å². The number of hydrogen-bond donors (Lipinski definition) is 1. The molecule has 0 saturated carbocycles. The zero-order valence-electron chi connectivity index (χ0n) is 15.8. The summed E-state index contributed by atoms with van der Waals surface area (Å²) in [6.07, 6.45) is -0.204. The van der Waals surface area contributed by atoms with Gasteiger partial charge in [-0.15, -0.1) is 0 Å². The van der Waals surface area contributed by atoms with Gasteiger partial charge in [0.25, 0.3) is 0 Å². The van der Waals surface area contributed by atoms with Gasteiger partial charge in [-0.2, -0.15) is 0 Å². The van der Waals surface area contributed by atoms with Crippen LogP contribution in [0.5, 0.6) is 11.5 Å². The van der Waals surface area contributed by atoms with E-state index in [0.29, 0.717) is 16.3 Å². The Labute approximate surface area is 169 Å². The van der Waals surface area contributed by atoms with E-state index in [-0.39, 0.29) is 23.7 Å². The summed E-state index contributed by atoms with van der Waals surface area (Å²) in [6, 6.07) is 10.0. The lowest BCUT2D eigenvalue weighted by molar-refractivity contribution is -0.143. The van der Waals surface area contributed by atoms with Crippen LogP contribution in [-0.4, -0.2) is 35.2 Å². The van der Waals surface area contributed by atoms with Gasteiger partial charge in [-0.05, 0) is 30.7 Å². The van der Waals surface area contributed by atoms with Crippen LogP contribution in [0, 0.1) is 0 Å². The van der Waals surface area contributed by atoms with Gasteiger partial charge in [0.2, 0.25) is 10.0 Å². The molecule has 0 aliphatic carbocycles. The molecule has 0 aliphatic rings. The van der Waals surface area contributed by atoms with Gasteiger partial charge in [0.1, 0.15) is 0 Å². The van der Waals surface area contributed by atoms with E-state index in [1.54, 1.807) is 31.2 Å². The Bertz CT molecular complexity index is 932. The number of rotatable bonds is 9. The second-order valence-corrected chi connectivity index (χ2v) is 7.84. The Hall–Kier alpha value is -2.29. The Morgan fingerprint density at radius 1 is 1.11 bits per heavy atom. The number of nitrogens with one attached hydrogen (secondary N) is 1. The monoisotopic (exact) mass is 427 g/mol. The van der Waals surface area contributed by atoms with Gasteiger partial charge in [0.15, 0.2) is 11.5 Å². The van der Waals surface area contributed by atoms with Crippen molar-refractivity contribution in [3.8, 4) is 11.5 Å². The maximum absolute atomic E-state index is 12.9. The molecule has 0 aliphatic heterocycles. The minimum Gasteiger partial charge on any atom is -0.493 e. The van der Waals surface area contributed by atoms with Crippen molar-refractivity contribution in [1.29, 1.82) is 0 Å². The van der Waals surface area contributed by atoms with Gasteiger partial charge in [0.05, 0.1) is 38.2 Å². The summed E-state index contributed by atoms with van der Waals surface area (Å²) in [6.45, 7) is 1.87. The normalized spacial score (nSPS) is 12.3. The summed E-state index contributed by atoms with van der Waals surface area (Å²) in [4.78, 5) is 12.0. The van der Waals surface area contributed by atoms with Gasteiger partial charge < -0.3 is 14.2 Å². The lowest BCUT2D eigenvalue weighted by atomic mass is 10.1. The summed E-state index contributed by atoms with van der Waals surface area (Å²) < 4.78 is 43.7. The van der Waals surface area contributed by atoms with Crippen LogP contribution in [0.25, 0.3) is 0 Å². The lowest BCUT2D eigenvalue weighted by Gasteiger charge is -2.20. The molecule has 0 heterocycles. The zero-order valence-corrected chi connectivity index (χ0v) is 17.3. The number of halogens is 1. The van der Waals surface area contributed by atoms with Crippen molar-refractivity contribution in [2.45, 2.75) is 24.3 Å². The van der Waals surface area contributed by atoms with E-state index in [1.165, 1.54) is 32.4 Å². The van der Waals surface area contributed by atoms with Crippen LogP contribution in [0.2, 0.25) is 5.02 Å². The third kappa shape index (κ3) is 5.37. The molecule has 1 atom stereocenters. The van der Waals surface area contributed by atoms with Crippen LogP contribution in [0.3, 0.4) is 0 Å². The third-order valence-corrected chi connectivity index (χ3v) is 5.73. The third-order valence-electron chi connectivity index (χ3n) is 3.92. The molecular formula is C19H22ClNO6S. The quantitative estimate of drug-likeness (QED) is 0.617. The summed E-state index contributed by atoms with van der Waals surface area (Å²) >= 11 is 6.22. The second kappa shape index (κ2) is 9.77. The van der Waals surface area contributed by atoms with Gasteiger partial charge in [-0.1, -0.05) is 29.8 Å². The molecule has 0 fully saturated rings. The molecule has 2 rings (SSSR count). The molecule has 0 unspecified atom stereocenters. The van der Waals surface area contributed by atoms with Crippen molar-refractivity contribution < 1.29 is 27.4 Å². The van der Waals surface area contributed by atoms with Crippen LogP contribution >= 0.6 is 11.6 Å². The Balaban J connectivity index is 2.39. The number of methoxy groups -OCH3 is 2. The van der Waals surface area contributed by atoms with Crippen molar-refractivity contribution in [3.05, 3.63) is 53.1 Å². The first-order chi connectivity index (χ1) is 13.3. The van der Waals surface area contributed by atoms with E-state index < -0.39 is 22.0 Å². The fourth-order valence-corrected chi connectivity index (χ4v) is 4.10. The van der Waals surface area contributed by atoms with Gasteiger partial charge in [-0.3, -0.25) is 4.79 Å². The van der Waals surface area contributed by atoms with E-state index in [0.717, 1.165) is 0 Å². The molecule has 0 bridgehead atoms. The number of carbonyl (C=O) groups is 1. The zero-order chi connectivity index (χ0) is 20.7. The fraction of sp³-hybridized carbons (Fsp3) is 0.316. The number of esters is 1. The molecule has 2 aromatic rings. The van der Waals surface area contributed by atoms with E-state index in [9.17, 15) is 13.2 Å². The Morgan fingerprint density at radius 2 is 1.79 bits per heavy atom.